The molecule has 2 rings (SSSR count). The molecular weight excluding hydrogens is 248 g/mol. The molecule has 0 saturated heterocycles. The second-order valence-corrected chi connectivity index (χ2v) is 5.64. The highest BCUT2D eigenvalue weighted by molar-refractivity contribution is 6.33. The average Bonchev–Trinajstić information content (AvgIpc) is 2.64. The number of carbonyl (C=O) groups excluding carboxylic acids is 1. The number of nitrogen functional groups attached to an aromatic ring is 1. The van der Waals surface area contributed by atoms with Gasteiger partial charge in [-0.05, 0) is 42.9 Å². The van der Waals surface area contributed by atoms with E-state index in [1.807, 2.05) is 0 Å². The molecule has 98 valence electrons. The van der Waals surface area contributed by atoms with Gasteiger partial charge in [-0.3, -0.25) is 4.79 Å². The molecule has 1 aromatic rings. The van der Waals surface area contributed by atoms with Gasteiger partial charge in [0.05, 0.1) is 10.7 Å². The molecule has 1 aromatic carbocycles. The minimum atomic E-state index is -0.0654. The lowest BCUT2D eigenvalue weighted by atomic mass is 9.97. The van der Waals surface area contributed by atoms with Gasteiger partial charge in [-0.1, -0.05) is 25.4 Å². The van der Waals surface area contributed by atoms with E-state index in [4.69, 9.17) is 17.3 Å². The summed E-state index contributed by atoms with van der Waals surface area (Å²) in [5, 5.41) is 3.57. The van der Waals surface area contributed by atoms with Gasteiger partial charge >= 0.3 is 0 Å². The Bertz CT molecular complexity index is 461. The molecule has 0 aliphatic heterocycles. The number of anilines is 1. The summed E-state index contributed by atoms with van der Waals surface area (Å²) in [6, 6.07) is 5.26. The summed E-state index contributed by atoms with van der Waals surface area (Å²) in [6.07, 6.45) is 2.23. The van der Waals surface area contributed by atoms with E-state index >= 15 is 0 Å². The number of hydrogen-bond donors (Lipinski definition) is 2. The topological polar surface area (TPSA) is 55.1 Å². The summed E-state index contributed by atoms with van der Waals surface area (Å²) < 4.78 is 0. The molecule has 1 amide bonds. The van der Waals surface area contributed by atoms with Gasteiger partial charge in [-0.2, -0.15) is 0 Å². The number of benzene rings is 1. The molecule has 0 radical (unpaired) electrons. The first kappa shape index (κ1) is 13.2. The van der Waals surface area contributed by atoms with Gasteiger partial charge in [-0.15, -0.1) is 0 Å². The highest BCUT2D eigenvalue weighted by Crippen LogP contribution is 2.31. The van der Waals surface area contributed by atoms with E-state index in [0.717, 1.165) is 6.42 Å². The molecule has 0 spiro atoms. The van der Waals surface area contributed by atoms with E-state index in [2.05, 4.69) is 19.2 Å². The number of hydrogen-bond acceptors (Lipinski definition) is 2. The van der Waals surface area contributed by atoms with Gasteiger partial charge < -0.3 is 11.1 Å². The van der Waals surface area contributed by atoms with E-state index < -0.39 is 0 Å². The third kappa shape index (κ3) is 2.61. The Morgan fingerprint density at radius 2 is 2.11 bits per heavy atom. The molecule has 0 bridgehead atoms. The third-order valence-electron chi connectivity index (χ3n) is 4.04. The molecule has 1 saturated carbocycles. The van der Waals surface area contributed by atoms with Crippen LogP contribution in [-0.4, -0.2) is 11.9 Å². The monoisotopic (exact) mass is 266 g/mol. The first-order chi connectivity index (χ1) is 8.49. The van der Waals surface area contributed by atoms with Crippen LogP contribution in [0, 0.1) is 11.8 Å². The summed E-state index contributed by atoms with van der Waals surface area (Å²) in [5.74, 6) is 1.13. The van der Waals surface area contributed by atoms with Crippen molar-refractivity contribution in [2.75, 3.05) is 5.73 Å². The zero-order valence-electron chi connectivity index (χ0n) is 10.7. The van der Waals surface area contributed by atoms with Crippen molar-refractivity contribution >= 4 is 23.2 Å². The van der Waals surface area contributed by atoms with Crippen LogP contribution in [0.15, 0.2) is 18.2 Å². The zero-order valence-corrected chi connectivity index (χ0v) is 11.5. The zero-order chi connectivity index (χ0) is 13.3. The summed E-state index contributed by atoms with van der Waals surface area (Å²) in [7, 11) is 0. The van der Waals surface area contributed by atoms with Crippen molar-refractivity contribution in [3.63, 3.8) is 0 Å². The van der Waals surface area contributed by atoms with Crippen molar-refractivity contribution < 1.29 is 4.79 Å². The Morgan fingerprint density at radius 3 is 2.67 bits per heavy atom. The Morgan fingerprint density at radius 1 is 1.39 bits per heavy atom. The Labute approximate surface area is 113 Å². The normalized spacial score (nSPS) is 27.2. The van der Waals surface area contributed by atoms with Crippen molar-refractivity contribution in [1.29, 1.82) is 0 Å². The average molecular weight is 267 g/mol. The van der Waals surface area contributed by atoms with Crippen molar-refractivity contribution in [3.8, 4) is 0 Å². The lowest BCUT2D eigenvalue weighted by Gasteiger charge is -2.19. The third-order valence-corrected chi connectivity index (χ3v) is 4.38. The Kier molecular flexibility index (Phi) is 3.81. The molecule has 1 aliphatic rings. The van der Waals surface area contributed by atoms with Crippen LogP contribution in [-0.2, 0) is 0 Å². The van der Waals surface area contributed by atoms with Crippen LogP contribution < -0.4 is 11.1 Å². The van der Waals surface area contributed by atoms with Crippen molar-refractivity contribution in [2.24, 2.45) is 11.8 Å². The first-order valence-corrected chi connectivity index (χ1v) is 6.72. The minimum absolute atomic E-state index is 0.0654. The maximum atomic E-state index is 12.1. The van der Waals surface area contributed by atoms with Crippen molar-refractivity contribution in [2.45, 2.75) is 32.7 Å². The first-order valence-electron chi connectivity index (χ1n) is 6.35. The lowest BCUT2D eigenvalue weighted by Crippen LogP contribution is -2.37. The van der Waals surface area contributed by atoms with E-state index in [1.165, 1.54) is 6.42 Å². The van der Waals surface area contributed by atoms with Crippen LogP contribution in [0.4, 0.5) is 5.69 Å². The largest absolute Gasteiger partial charge is 0.398 e. The maximum absolute atomic E-state index is 12.1. The molecule has 3 N–H and O–H groups in total. The van der Waals surface area contributed by atoms with Gasteiger partial charge in [0.1, 0.15) is 0 Å². The van der Waals surface area contributed by atoms with Gasteiger partial charge in [0.25, 0.3) is 5.91 Å². The summed E-state index contributed by atoms with van der Waals surface area (Å²) in [6.45, 7) is 4.43. The predicted molar refractivity (Wildman–Crippen MR) is 74.7 cm³/mol. The molecule has 1 fully saturated rings. The number of halogens is 1. The smallest absolute Gasteiger partial charge is 0.251 e. The molecule has 1 aliphatic carbocycles. The van der Waals surface area contributed by atoms with Gasteiger partial charge in [-0.25, -0.2) is 0 Å². The van der Waals surface area contributed by atoms with Crippen LogP contribution in [0.2, 0.25) is 5.02 Å². The highest BCUT2D eigenvalue weighted by Gasteiger charge is 2.30. The number of nitrogens with one attached hydrogen (secondary N) is 1. The summed E-state index contributed by atoms with van der Waals surface area (Å²) in [5.41, 5.74) is 6.72. The van der Waals surface area contributed by atoms with Crippen LogP contribution in [0.25, 0.3) is 0 Å². The number of amides is 1. The van der Waals surface area contributed by atoms with E-state index in [-0.39, 0.29) is 11.9 Å². The van der Waals surface area contributed by atoms with Crippen LogP contribution in [0.1, 0.15) is 37.0 Å². The van der Waals surface area contributed by atoms with Gasteiger partial charge in [0.15, 0.2) is 0 Å². The predicted octanol–water partition coefficient (Wildman–Crippen LogP) is 3.09. The number of carbonyl (C=O) groups is 1. The maximum Gasteiger partial charge on any atom is 0.251 e. The highest BCUT2D eigenvalue weighted by atomic mass is 35.5. The van der Waals surface area contributed by atoms with Crippen molar-refractivity contribution in [1.82, 2.24) is 5.32 Å². The van der Waals surface area contributed by atoms with Gasteiger partial charge in [0, 0.05) is 11.6 Å². The van der Waals surface area contributed by atoms with E-state index in [0.29, 0.717) is 28.1 Å². The molecule has 3 nitrogen and oxygen atoms in total. The molecule has 0 aromatic heterocycles. The molecular formula is C14H19ClN2O. The SMILES string of the molecule is CC1CCC(NC(=O)c2ccc(Cl)c(N)c2)C1C. The molecule has 4 heteroatoms. The fraction of sp³-hybridized carbons (Fsp3) is 0.500. The van der Waals surface area contributed by atoms with Crippen LogP contribution in [0.5, 0.6) is 0 Å². The summed E-state index contributed by atoms with van der Waals surface area (Å²) in [4.78, 5) is 12.1. The fourth-order valence-corrected chi connectivity index (χ4v) is 2.62. The van der Waals surface area contributed by atoms with Crippen LogP contribution >= 0.6 is 11.6 Å². The molecule has 18 heavy (non-hydrogen) atoms. The Hall–Kier alpha value is -1.22. The summed E-state index contributed by atoms with van der Waals surface area (Å²) >= 11 is 5.84. The Balaban J connectivity index is 2.06. The quantitative estimate of drug-likeness (QED) is 0.809. The van der Waals surface area contributed by atoms with Crippen molar-refractivity contribution in [3.05, 3.63) is 28.8 Å². The molecule has 0 heterocycles. The van der Waals surface area contributed by atoms with Crippen LogP contribution in [0.3, 0.4) is 0 Å². The second kappa shape index (κ2) is 5.19. The number of rotatable bonds is 2. The standard InChI is InChI=1S/C14H19ClN2O/c1-8-3-6-13(9(8)2)17-14(18)10-4-5-11(15)12(16)7-10/h4-5,7-9,13H,3,6,16H2,1-2H3,(H,17,18). The second-order valence-electron chi connectivity index (χ2n) is 5.23. The lowest BCUT2D eigenvalue weighted by molar-refractivity contribution is 0.0927. The van der Waals surface area contributed by atoms with Gasteiger partial charge in [0.2, 0.25) is 0 Å². The minimum Gasteiger partial charge on any atom is -0.398 e. The molecule has 3 unspecified atom stereocenters. The number of nitrogens with two attached hydrogens (primary N) is 1. The fourth-order valence-electron chi connectivity index (χ4n) is 2.51. The molecule has 3 atom stereocenters. The van der Waals surface area contributed by atoms with E-state index in [1.54, 1.807) is 18.2 Å². The van der Waals surface area contributed by atoms with E-state index in [9.17, 15) is 4.79 Å².